The normalized spacial score (nSPS) is 25.6. The molecule has 32 heavy (non-hydrogen) atoms. The molecule has 172 valence electrons. The maximum Gasteiger partial charge on any atom is 0.237 e. The summed E-state index contributed by atoms with van der Waals surface area (Å²) in [5.74, 6) is 0.0816. The van der Waals surface area contributed by atoms with Gasteiger partial charge in [0.1, 0.15) is 0 Å². The second-order valence-electron chi connectivity index (χ2n) is 9.14. The summed E-state index contributed by atoms with van der Waals surface area (Å²) in [6.45, 7) is 9.00. The standard InChI is InChI=1S/C26H36N4O2/c1-17(2)21-25(31)27-15-16-28-26(32)22(18(3)4)30-24(20-13-9-6-10-14-20)23(29-21)19-11-7-5-8-12-19/h5-14,17-18,21-24,29-30H,15-16H2,1-4H3,(H,27,31)(H,28,32)/t21-,22-,23-,24+/m0/s1. The molecule has 3 rings (SSSR count). The van der Waals surface area contributed by atoms with Crippen molar-refractivity contribution >= 4 is 11.8 Å². The van der Waals surface area contributed by atoms with Crippen LogP contribution in [0.15, 0.2) is 60.7 Å². The molecule has 0 aromatic heterocycles. The van der Waals surface area contributed by atoms with Gasteiger partial charge in [0.2, 0.25) is 11.8 Å². The zero-order valence-corrected chi connectivity index (χ0v) is 19.5. The van der Waals surface area contributed by atoms with Crippen LogP contribution >= 0.6 is 0 Å². The first-order valence-electron chi connectivity index (χ1n) is 11.6. The Bertz CT molecular complexity index is 796. The summed E-state index contributed by atoms with van der Waals surface area (Å²) in [7, 11) is 0. The number of hydrogen-bond donors (Lipinski definition) is 4. The molecule has 0 bridgehead atoms. The van der Waals surface area contributed by atoms with Crippen molar-refractivity contribution in [3.8, 4) is 0 Å². The molecule has 6 heteroatoms. The predicted molar refractivity (Wildman–Crippen MR) is 128 cm³/mol. The number of carbonyl (C=O) groups excluding carboxylic acids is 2. The summed E-state index contributed by atoms with van der Waals surface area (Å²) in [6, 6.07) is 19.1. The lowest BCUT2D eigenvalue weighted by Gasteiger charge is -2.37. The fraction of sp³-hybridized carbons (Fsp3) is 0.462. The van der Waals surface area contributed by atoms with Crippen molar-refractivity contribution in [3.63, 3.8) is 0 Å². The molecule has 4 atom stereocenters. The van der Waals surface area contributed by atoms with Crippen LogP contribution in [0, 0.1) is 11.8 Å². The Labute approximate surface area is 191 Å². The molecule has 2 aromatic rings. The molecule has 2 aromatic carbocycles. The third-order valence-electron chi connectivity index (χ3n) is 5.99. The van der Waals surface area contributed by atoms with Crippen LogP contribution in [0.1, 0.15) is 50.9 Å². The van der Waals surface area contributed by atoms with Crippen molar-refractivity contribution in [2.24, 2.45) is 11.8 Å². The van der Waals surface area contributed by atoms with Crippen LogP contribution in [0.25, 0.3) is 0 Å². The third-order valence-corrected chi connectivity index (χ3v) is 5.99. The molecule has 1 heterocycles. The van der Waals surface area contributed by atoms with Gasteiger partial charge in [0.05, 0.1) is 24.2 Å². The minimum Gasteiger partial charge on any atom is -0.353 e. The molecule has 1 aliphatic rings. The summed E-state index contributed by atoms with van der Waals surface area (Å²) in [6.07, 6.45) is 0. The molecule has 6 nitrogen and oxygen atoms in total. The Balaban J connectivity index is 2.12. The Morgan fingerprint density at radius 3 is 1.28 bits per heavy atom. The second kappa shape index (κ2) is 11.2. The summed E-state index contributed by atoms with van der Waals surface area (Å²) in [5.41, 5.74) is 2.12. The van der Waals surface area contributed by atoms with E-state index in [4.69, 9.17) is 0 Å². The lowest BCUT2D eigenvalue weighted by atomic mass is 9.89. The van der Waals surface area contributed by atoms with Crippen molar-refractivity contribution in [2.75, 3.05) is 13.1 Å². The van der Waals surface area contributed by atoms with Gasteiger partial charge in [-0.05, 0) is 23.0 Å². The van der Waals surface area contributed by atoms with E-state index in [0.717, 1.165) is 11.1 Å². The number of benzene rings is 2. The van der Waals surface area contributed by atoms with E-state index < -0.39 is 0 Å². The zero-order valence-electron chi connectivity index (χ0n) is 19.5. The van der Waals surface area contributed by atoms with Crippen molar-refractivity contribution in [1.29, 1.82) is 0 Å². The lowest BCUT2D eigenvalue weighted by Crippen LogP contribution is -2.56. The highest BCUT2D eigenvalue weighted by Crippen LogP contribution is 2.31. The van der Waals surface area contributed by atoms with Gasteiger partial charge in [-0.1, -0.05) is 88.4 Å². The predicted octanol–water partition coefficient (Wildman–Crippen LogP) is 2.94. The van der Waals surface area contributed by atoms with Crippen LogP contribution in [0.2, 0.25) is 0 Å². The van der Waals surface area contributed by atoms with E-state index >= 15 is 0 Å². The van der Waals surface area contributed by atoms with E-state index in [1.807, 2.05) is 36.4 Å². The van der Waals surface area contributed by atoms with Crippen LogP contribution in [0.5, 0.6) is 0 Å². The number of nitrogens with one attached hydrogen (secondary N) is 4. The fourth-order valence-electron chi connectivity index (χ4n) is 4.21. The molecule has 2 amide bonds. The summed E-state index contributed by atoms with van der Waals surface area (Å²) in [4.78, 5) is 26.1. The largest absolute Gasteiger partial charge is 0.353 e. The summed E-state index contributed by atoms with van der Waals surface area (Å²) < 4.78 is 0. The SMILES string of the molecule is CC(C)[C@@H]1N[C@H](c2ccccc2)[C@H](c2ccccc2)N[C@@H](C(C)C)C(=O)NCCNC1=O. The molecule has 1 aliphatic heterocycles. The highest BCUT2D eigenvalue weighted by molar-refractivity contribution is 5.83. The van der Waals surface area contributed by atoms with E-state index in [1.165, 1.54) is 0 Å². The Hall–Kier alpha value is -2.70. The minimum atomic E-state index is -0.374. The molecule has 1 saturated heterocycles. The first kappa shape index (κ1) is 24.0. The lowest BCUT2D eigenvalue weighted by molar-refractivity contribution is -0.127. The number of amides is 2. The molecule has 0 aliphatic carbocycles. The van der Waals surface area contributed by atoms with Gasteiger partial charge in [-0.2, -0.15) is 0 Å². The zero-order chi connectivity index (χ0) is 23.1. The van der Waals surface area contributed by atoms with E-state index in [9.17, 15) is 9.59 Å². The van der Waals surface area contributed by atoms with Crippen molar-refractivity contribution in [1.82, 2.24) is 21.3 Å². The van der Waals surface area contributed by atoms with E-state index in [0.29, 0.717) is 13.1 Å². The Morgan fingerprint density at radius 1 is 0.625 bits per heavy atom. The minimum absolute atomic E-state index is 0.0528. The number of carbonyl (C=O) groups is 2. The van der Waals surface area contributed by atoms with Gasteiger partial charge in [-0.15, -0.1) is 0 Å². The van der Waals surface area contributed by atoms with E-state index in [2.05, 4.69) is 73.2 Å². The van der Waals surface area contributed by atoms with Crippen LogP contribution in [-0.4, -0.2) is 37.0 Å². The average molecular weight is 437 g/mol. The second-order valence-corrected chi connectivity index (χ2v) is 9.14. The Kier molecular flexibility index (Phi) is 8.42. The molecule has 4 N–H and O–H groups in total. The van der Waals surface area contributed by atoms with Crippen molar-refractivity contribution < 1.29 is 9.59 Å². The quantitative estimate of drug-likeness (QED) is 0.594. The van der Waals surface area contributed by atoms with Gasteiger partial charge in [-0.3, -0.25) is 20.2 Å². The van der Waals surface area contributed by atoms with Gasteiger partial charge in [0, 0.05) is 13.1 Å². The molecule has 0 unspecified atom stereocenters. The van der Waals surface area contributed by atoms with Crippen LogP contribution in [0.3, 0.4) is 0 Å². The fourth-order valence-corrected chi connectivity index (χ4v) is 4.21. The smallest absolute Gasteiger partial charge is 0.237 e. The van der Waals surface area contributed by atoms with E-state index in [-0.39, 0.29) is 47.8 Å². The highest BCUT2D eigenvalue weighted by atomic mass is 16.2. The van der Waals surface area contributed by atoms with Crippen molar-refractivity contribution in [2.45, 2.75) is 51.9 Å². The van der Waals surface area contributed by atoms with Gasteiger partial charge in [0.15, 0.2) is 0 Å². The molecule has 0 saturated carbocycles. The molecular formula is C26H36N4O2. The first-order valence-corrected chi connectivity index (χ1v) is 11.6. The van der Waals surface area contributed by atoms with Crippen LogP contribution in [0.4, 0.5) is 0 Å². The monoisotopic (exact) mass is 436 g/mol. The van der Waals surface area contributed by atoms with Crippen molar-refractivity contribution in [3.05, 3.63) is 71.8 Å². The van der Waals surface area contributed by atoms with Crippen LogP contribution in [-0.2, 0) is 9.59 Å². The average Bonchev–Trinajstić information content (AvgIpc) is 2.78. The first-order chi connectivity index (χ1) is 15.4. The topological polar surface area (TPSA) is 82.3 Å². The maximum absolute atomic E-state index is 13.0. The maximum atomic E-state index is 13.0. The summed E-state index contributed by atoms with van der Waals surface area (Å²) >= 11 is 0. The number of rotatable bonds is 4. The molecular weight excluding hydrogens is 400 g/mol. The Morgan fingerprint density at radius 2 is 0.969 bits per heavy atom. The van der Waals surface area contributed by atoms with E-state index in [1.54, 1.807) is 0 Å². The van der Waals surface area contributed by atoms with Gasteiger partial charge >= 0.3 is 0 Å². The van der Waals surface area contributed by atoms with Gasteiger partial charge < -0.3 is 10.6 Å². The highest BCUT2D eigenvalue weighted by Gasteiger charge is 2.35. The third kappa shape index (κ3) is 5.96. The van der Waals surface area contributed by atoms with Gasteiger partial charge in [-0.25, -0.2) is 0 Å². The summed E-state index contributed by atoms with van der Waals surface area (Å²) in [5, 5.41) is 13.3. The molecule has 1 fully saturated rings. The molecule has 0 radical (unpaired) electrons. The number of hydrogen-bond acceptors (Lipinski definition) is 4. The van der Waals surface area contributed by atoms with Gasteiger partial charge in [0.25, 0.3) is 0 Å². The van der Waals surface area contributed by atoms with Crippen LogP contribution < -0.4 is 21.3 Å². The molecule has 0 spiro atoms.